The van der Waals surface area contributed by atoms with Gasteiger partial charge in [-0.3, -0.25) is 19.3 Å². The molecule has 1 aromatic heterocycles. The van der Waals surface area contributed by atoms with Crippen LogP contribution in [0.2, 0.25) is 0 Å². The van der Waals surface area contributed by atoms with E-state index in [0.29, 0.717) is 5.57 Å². The van der Waals surface area contributed by atoms with Crippen LogP contribution in [0.15, 0.2) is 82.5 Å². The van der Waals surface area contributed by atoms with Crippen molar-refractivity contribution in [3.05, 3.63) is 94.1 Å². The van der Waals surface area contributed by atoms with Crippen molar-refractivity contribution < 1.29 is 33.5 Å². The highest BCUT2D eigenvalue weighted by Crippen LogP contribution is 2.41. The maximum absolute atomic E-state index is 13.9. The van der Waals surface area contributed by atoms with Gasteiger partial charge in [-0.1, -0.05) is 65.8 Å². The minimum Gasteiger partial charge on any atom is -0.461 e. The van der Waals surface area contributed by atoms with Gasteiger partial charge in [0.1, 0.15) is 36.5 Å². The Morgan fingerprint density at radius 1 is 1.12 bits per heavy atom. The molecule has 0 saturated carbocycles. The number of carbonyl (C=O) groups excluding carboxylic acids is 4. The number of fused-ring (bicyclic) bond motifs is 1. The monoisotopic (exact) mass is 621 g/mol. The number of nitrogens with zero attached hydrogens (tertiary/aromatic N) is 3. The molecule has 2 atom stereocenters. The number of hydrogen-bond acceptors (Lipinski definition) is 12. The number of esters is 2. The third-order valence-corrected chi connectivity index (χ3v) is 8.58. The second kappa shape index (κ2) is 13.1. The molecule has 0 unspecified atom stereocenters. The SMILES string of the molecule is CON=C(C(=O)N[C@@H]1C(=O)N2C(C(=O)OC(c3ccccc3)c3ccccc3)=C(COC(C)=O)CS[C@H]12)c1csc(N)n1. The number of aromatic nitrogens is 1. The van der Waals surface area contributed by atoms with E-state index in [1.54, 1.807) is 5.38 Å². The Morgan fingerprint density at radius 3 is 2.33 bits per heavy atom. The molecule has 2 amide bonds. The van der Waals surface area contributed by atoms with E-state index in [4.69, 9.17) is 20.0 Å². The van der Waals surface area contributed by atoms with Gasteiger partial charge < -0.3 is 25.4 Å². The number of nitrogens with two attached hydrogens (primary N) is 1. The molecule has 0 radical (unpaired) electrons. The van der Waals surface area contributed by atoms with Crippen LogP contribution in [-0.4, -0.2) is 70.2 Å². The van der Waals surface area contributed by atoms with Crippen molar-refractivity contribution in [2.45, 2.75) is 24.4 Å². The summed E-state index contributed by atoms with van der Waals surface area (Å²) in [5, 5.41) is 7.59. The Hall–Kier alpha value is -4.69. The first-order valence-corrected chi connectivity index (χ1v) is 15.0. The fraction of sp³-hybridized carbons (Fsp3) is 0.241. The van der Waals surface area contributed by atoms with Crippen LogP contribution < -0.4 is 11.1 Å². The van der Waals surface area contributed by atoms with E-state index >= 15 is 0 Å². The van der Waals surface area contributed by atoms with E-state index in [9.17, 15) is 19.2 Å². The molecule has 3 aromatic rings. The lowest BCUT2D eigenvalue weighted by Gasteiger charge is -2.49. The standard InChI is InChI=1S/C29H27N5O7S2/c1-16(35)40-13-19-14-42-27-22(32-25(36)21(33-39-2)20-15-43-29(30)31-20)26(37)34(27)23(19)28(38)41-24(17-9-5-3-6-10-17)18-11-7-4-8-12-18/h3-12,15,22,24,27H,13-14H2,1-2H3,(H2,30,31)(H,32,36)/t22-,27-/m1/s1. The Bertz CT molecular complexity index is 1550. The van der Waals surface area contributed by atoms with Crippen molar-refractivity contribution in [1.82, 2.24) is 15.2 Å². The van der Waals surface area contributed by atoms with Crippen LogP contribution >= 0.6 is 23.1 Å². The van der Waals surface area contributed by atoms with Crippen molar-refractivity contribution in [1.29, 1.82) is 0 Å². The molecule has 43 heavy (non-hydrogen) atoms. The van der Waals surface area contributed by atoms with Gasteiger partial charge in [0.15, 0.2) is 16.9 Å². The summed E-state index contributed by atoms with van der Waals surface area (Å²) in [7, 11) is 1.28. The largest absolute Gasteiger partial charge is 0.461 e. The molecule has 2 aromatic carbocycles. The number of nitrogens with one attached hydrogen (secondary N) is 1. The predicted molar refractivity (Wildman–Crippen MR) is 160 cm³/mol. The van der Waals surface area contributed by atoms with Crippen LogP contribution in [0.4, 0.5) is 5.13 Å². The smallest absolute Gasteiger partial charge is 0.356 e. The highest BCUT2D eigenvalue weighted by atomic mass is 32.2. The van der Waals surface area contributed by atoms with E-state index in [1.165, 1.54) is 30.7 Å². The molecule has 2 aliphatic heterocycles. The topological polar surface area (TPSA) is 163 Å². The van der Waals surface area contributed by atoms with Crippen molar-refractivity contribution in [2.24, 2.45) is 5.16 Å². The van der Waals surface area contributed by atoms with Gasteiger partial charge in [0, 0.05) is 23.6 Å². The summed E-state index contributed by atoms with van der Waals surface area (Å²) in [6, 6.07) is 17.5. The van der Waals surface area contributed by atoms with E-state index in [1.807, 2.05) is 60.7 Å². The number of benzene rings is 2. The van der Waals surface area contributed by atoms with Crippen LogP contribution in [0, 0.1) is 0 Å². The maximum atomic E-state index is 13.9. The molecule has 3 N–H and O–H groups in total. The number of ether oxygens (including phenoxy) is 2. The lowest BCUT2D eigenvalue weighted by Crippen LogP contribution is -2.71. The zero-order chi connectivity index (χ0) is 30.5. The minimum atomic E-state index is -0.979. The average molecular weight is 622 g/mol. The summed E-state index contributed by atoms with van der Waals surface area (Å²) in [5.41, 5.74) is 7.62. The summed E-state index contributed by atoms with van der Waals surface area (Å²) in [6.45, 7) is 1.06. The Kier molecular flexibility index (Phi) is 9.07. The molecule has 3 heterocycles. The number of rotatable bonds is 10. The number of β-lactam (4-membered cyclic amide) rings is 1. The molecule has 1 saturated heterocycles. The van der Waals surface area contributed by atoms with E-state index < -0.39 is 41.3 Å². The predicted octanol–water partition coefficient (Wildman–Crippen LogP) is 2.63. The van der Waals surface area contributed by atoms with Crippen LogP contribution in [0.3, 0.4) is 0 Å². The van der Waals surface area contributed by atoms with Gasteiger partial charge in [-0.2, -0.15) is 0 Å². The first kappa shape index (κ1) is 29.8. The Labute approximate surface area is 254 Å². The highest BCUT2D eigenvalue weighted by Gasteiger charge is 2.55. The number of oxime groups is 1. The number of anilines is 1. The summed E-state index contributed by atoms with van der Waals surface area (Å²) >= 11 is 2.44. The zero-order valence-corrected chi connectivity index (χ0v) is 24.7. The van der Waals surface area contributed by atoms with E-state index in [0.717, 1.165) is 22.5 Å². The van der Waals surface area contributed by atoms with Crippen LogP contribution in [0.1, 0.15) is 29.8 Å². The highest BCUT2D eigenvalue weighted by molar-refractivity contribution is 8.00. The molecule has 1 fully saturated rings. The number of amides is 2. The fourth-order valence-electron chi connectivity index (χ4n) is 4.62. The quantitative estimate of drug-likeness (QED) is 0.149. The maximum Gasteiger partial charge on any atom is 0.356 e. The van der Waals surface area contributed by atoms with Gasteiger partial charge in [0.25, 0.3) is 11.8 Å². The number of thiazole rings is 1. The molecule has 0 bridgehead atoms. The number of hydrogen-bond donors (Lipinski definition) is 2. The van der Waals surface area contributed by atoms with Crippen molar-refractivity contribution in [2.75, 3.05) is 25.2 Å². The van der Waals surface area contributed by atoms with Crippen LogP contribution in [0.5, 0.6) is 0 Å². The van der Waals surface area contributed by atoms with E-state index in [-0.39, 0.29) is 34.6 Å². The first-order valence-electron chi connectivity index (χ1n) is 13.0. The summed E-state index contributed by atoms with van der Waals surface area (Å²) in [4.78, 5) is 62.3. The van der Waals surface area contributed by atoms with Gasteiger partial charge in [-0.05, 0) is 11.1 Å². The zero-order valence-electron chi connectivity index (χ0n) is 23.1. The third-order valence-electron chi connectivity index (χ3n) is 6.57. The van der Waals surface area contributed by atoms with Gasteiger partial charge in [0.2, 0.25) is 0 Å². The van der Waals surface area contributed by atoms with Gasteiger partial charge in [-0.15, -0.1) is 23.1 Å². The summed E-state index contributed by atoms with van der Waals surface area (Å²) in [5.74, 6) is -2.28. The van der Waals surface area contributed by atoms with Crippen molar-refractivity contribution in [3.8, 4) is 0 Å². The summed E-state index contributed by atoms with van der Waals surface area (Å²) in [6.07, 6.45) is -0.768. The number of nitrogen functional groups attached to an aromatic ring is 1. The fourth-order valence-corrected chi connectivity index (χ4v) is 6.50. The van der Waals surface area contributed by atoms with Crippen molar-refractivity contribution in [3.63, 3.8) is 0 Å². The molecule has 0 aliphatic carbocycles. The average Bonchev–Trinajstić information content (AvgIpc) is 3.45. The lowest BCUT2D eigenvalue weighted by molar-refractivity contribution is -0.154. The van der Waals surface area contributed by atoms with Gasteiger partial charge in [-0.25, -0.2) is 9.78 Å². The Balaban J connectivity index is 1.41. The van der Waals surface area contributed by atoms with Gasteiger partial charge in [0.05, 0.1) is 0 Å². The van der Waals surface area contributed by atoms with E-state index in [2.05, 4.69) is 15.5 Å². The normalized spacial score (nSPS) is 18.1. The first-order chi connectivity index (χ1) is 20.8. The molecule has 222 valence electrons. The second-order valence-electron chi connectivity index (χ2n) is 9.39. The number of carbonyl (C=O) groups is 4. The molecule has 14 heteroatoms. The molecular weight excluding hydrogens is 594 g/mol. The summed E-state index contributed by atoms with van der Waals surface area (Å²) < 4.78 is 11.3. The molecule has 2 aliphatic rings. The molecule has 12 nitrogen and oxygen atoms in total. The minimum absolute atomic E-state index is 0.0181. The second-order valence-corrected chi connectivity index (χ2v) is 11.4. The number of thioether (sulfide) groups is 1. The van der Waals surface area contributed by atoms with Crippen LogP contribution in [0.25, 0.3) is 0 Å². The Morgan fingerprint density at radius 2 is 1.77 bits per heavy atom. The lowest BCUT2D eigenvalue weighted by atomic mass is 10.0. The van der Waals surface area contributed by atoms with Crippen molar-refractivity contribution >= 4 is 57.7 Å². The van der Waals surface area contributed by atoms with Gasteiger partial charge >= 0.3 is 11.9 Å². The molecule has 0 spiro atoms. The van der Waals surface area contributed by atoms with Crippen LogP contribution in [-0.2, 0) is 33.5 Å². The molecular formula is C29H27N5O7S2. The molecule has 5 rings (SSSR count). The third kappa shape index (κ3) is 6.39.